The SMILES string of the molecule is CC(CCc1ccco1)NCC1CCN(C)C1. The molecule has 1 aromatic heterocycles. The van der Waals surface area contributed by atoms with Gasteiger partial charge in [-0.05, 0) is 58.0 Å². The smallest absolute Gasteiger partial charge is 0.103 e. The first-order valence-corrected chi connectivity index (χ1v) is 6.68. The molecular formula is C14H24N2O. The lowest BCUT2D eigenvalue weighted by Crippen LogP contribution is -2.32. The highest BCUT2D eigenvalue weighted by Gasteiger charge is 2.19. The molecule has 0 bridgehead atoms. The third-order valence-corrected chi connectivity index (χ3v) is 3.65. The average Bonchev–Trinajstić information content (AvgIpc) is 2.95. The Morgan fingerprint density at radius 2 is 2.47 bits per heavy atom. The molecule has 2 unspecified atom stereocenters. The number of nitrogens with zero attached hydrogens (tertiary/aromatic N) is 1. The van der Waals surface area contributed by atoms with Crippen molar-refractivity contribution in [3.05, 3.63) is 24.2 Å². The maximum absolute atomic E-state index is 5.34. The Morgan fingerprint density at radius 3 is 3.12 bits per heavy atom. The Hall–Kier alpha value is -0.800. The Morgan fingerprint density at radius 1 is 1.59 bits per heavy atom. The molecule has 0 aliphatic carbocycles. The summed E-state index contributed by atoms with van der Waals surface area (Å²) in [5.74, 6) is 1.94. The minimum absolute atomic E-state index is 0.575. The molecule has 0 spiro atoms. The van der Waals surface area contributed by atoms with E-state index in [0.717, 1.165) is 31.1 Å². The van der Waals surface area contributed by atoms with E-state index in [1.54, 1.807) is 6.26 Å². The molecule has 1 fully saturated rings. The number of nitrogens with one attached hydrogen (secondary N) is 1. The van der Waals surface area contributed by atoms with Crippen LogP contribution in [-0.4, -0.2) is 37.6 Å². The maximum Gasteiger partial charge on any atom is 0.103 e. The second-order valence-corrected chi connectivity index (χ2v) is 5.34. The molecule has 17 heavy (non-hydrogen) atoms. The lowest BCUT2D eigenvalue weighted by molar-refractivity contribution is 0.375. The third-order valence-electron chi connectivity index (χ3n) is 3.65. The van der Waals surface area contributed by atoms with Crippen LogP contribution < -0.4 is 5.32 Å². The Bertz CT molecular complexity index is 310. The van der Waals surface area contributed by atoms with E-state index >= 15 is 0 Å². The van der Waals surface area contributed by atoms with Crippen LogP contribution in [-0.2, 0) is 6.42 Å². The zero-order valence-corrected chi connectivity index (χ0v) is 11.0. The molecule has 0 amide bonds. The van der Waals surface area contributed by atoms with Gasteiger partial charge in [0.15, 0.2) is 0 Å². The number of aryl methyl sites for hydroxylation is 1. The Labute approximate surface area is 104 Å². The highest BCUT2D eigenvalue weighted by molar-refractivity contribution is 4.98. The quantitative estimate of drug-likeness (QED) is 0.820. The molecule has 1 aliphatic heterocycles. The molecule has 2 atom stereocenters. The summed E-state index contributed by atoms with van der Waals surface area (Å²) in [5, 5.41) is 3.64. The molecular weight excluding hydrogens is 212 g/mol. The zero-order valence-electron chi connectivity index (χ0n) is 11.0. The fraction of sp³-hybridized carbons (Fsp3) is 0.714. The van der Waals surface area contributed by atoms with Crippen LogP contribution in [0.2, 0.25) is 0 Å². The number of rotatable bonds is 6. The largest absolute Gasteiger partial charge is 0.469 e. The fourth-order valence-electron chi connectivity index (χ4n) is 2.48. The highest BCUT2D eigenvalue weighted by atomic mass is 16.3. The Balaban J connectivity index is 1.59. The molecule has 0 radical (unpaired) electrons. The summed E-state index contributed by atoms with van der Waals surface area (Å²) in [7, 11) is 2.21. The molecule has 3 nitrogen and oxygen atoms in total. The molecule has 1 aromatic rings. The predicted octanol–water partition coefficient (Wildman–Crippen LogP) is 2.14. The first-order chi connectivity index (χ1) is 8.24. The molecule has 0 saturated carbocycles. The van der Waals surface area contributed by atoms with Crippen molar-refractivity contribution < 1.29 is 4.42 Å². The molecule has 1 N–H and O–H groups in total. The van der Waals surface area contributed by atoms with Crippen LogP contribution in [0.25, 0.3) is 0 Å². The van der Waals surface area contributed by atoms with Crippen molar-refractivity contribution >= 4 is 0 Å². The Kier molecular flexibility index (Phi) is 4.63. The van der Waals surface area contributed by atoms with E-state index in [-0.39, 0.29) is 0 Å². The second-order valence-electron chi connectivity index (χ2n) is 5.34. The van der Waals surface area contributed by atoms with Crippen molar-refractivity contribution in [2.45, 2.75) is 32.2 Å². The molecule has 3 heteroatoms. The van der Waals surface area contributed by atoms with Gasteiger partial charge in [-0.15, -0.1) is 0 Å². The fourth-order valence-corrected chi connectivity index (χ4v) is 2.48. The number of hydrogen-bond acceptors (Lipinski definition) is 3. The van der Waals surface area contributed by atoms with Crippen molar-refractivity contribution in [2.75, 3.05) is 26.7 Å². The molecule has 1 aliphatic rings. The summed E-state index contributed by atoms with van der Waals surface area (Å²) < 4.78 is 5.34. The van der Waals surface area contributed by atoms with Gasteiger partial charge in [0.2, 0.25) is 0 Å². The van der Waals surface area contributed by atoms with Gasteiger partial charge in [-0.2, -0.15) is 0 Å². The van der Waals surface area contributed by atoms with Crippen LogP contribution in [0.4, 0.5) is 0 Å². The van der Waals surface area contributed by atoms with Gasteiger partial charge in [-0.1, -0.05) is 0 Å². The first-order valence-electron chi connectivity index (χ1n) is 6.68. The lowest BCUT2D eigenvalue weighted by atomic mass is 10.1. The van der Waals surface area contributed by atoms with Crippen LogP contribution in [0.5, 0.6) is 0 Å². The molecule has 0 aromatic carbocycles. The van der Waals surface area contributed by atoms with Crippen molar-refractivity contribution in [2.24, 2.45) is 5.92 Å². The summed E-state index contributed by atoms with van der Waals surface area (Å²) in [6, 6.07) is 4.59. The van der Waals surface area contributed by atoms with Crippen molar-refractivity contribution in [3.63, 3.8) is 0 Å². The van der Waals surface area contributed by atoms with Gasteiger partial charge in [-0.3, -0.25) is 0 Å². The summed E-state index contributed by atoms with van der Waals surface area (Å²) >= 11 is 0. The number of likely N-dealkylation sites (tertiary alicyclic amines) is 1. The van der Waals surface area contributed by atoms with Crippen LogP contribution in [0.15, 0.2) is 22.8 Å². The lowest BCUT2D eigenvalue weighted by Gasteiger charge is -2.16. The minimum atomic E-state index is 0.575. The minimum Gasteiger partial charge on any atom is -0.469 e. The van der Waals surface area contributed by atoms with E-state index in [1.807, 2.05) is 6.07 Å². The molecule has 2 heterocycles. The van der Waals surface area contributed by atoms with Crippen molar-refractivity contribution in [3.8, 4) is 0 Å². The normalized spacial score (nSPS) is 23.1. The van der Waals surface area contributed by atoms with E-state index in [2.05, 4.69) is 30.3 Å². The number of hydrogen-bond donors (Lipinski definition) is 1. The zero-order chi connectivity index (χ0) is 12.1. The number of furan rings is 1. The third kappa shape index (κ3) is 4.17. The van der Waals surface area contributed by atoms with Crippen LogP contribution in [0.1, 0.15) is 25.5 Å². The van der Waals surface area contributed by atoms with Gasteiger partial charge in [0, 0.05) is 19.0 Å². The predicted molar refractivity (Wildman–Crippen MR) is 70.1 cm³/mol. The van der Waals surface area contributed by atoms with Crippen LogP contribution >= 0.6 is 0 Å². The van der Waals surface area contributed by atoms with E-state index in [9.17, 15) is 0 Å². The van der Waals surface area contributed by atoms with Crippen molar-refractivity contribution in [1.82, 2.24) is 10.2 Å². The van der Waals surface area contributed by atoms with Gasteiger partial charge < -0.3 is 14.6 Å². The summed E-state index contributed by atoms with van der Waals surface area (Å²) in [5.41, 5.74) is 0. The van der Waals surface area contributed by atoms with E-state index in [4.69, 9.17) is 4.42 Å². The summed E-state index contributed by atoms with van der Waals surface area (Å²) in [4.78, 5) is 2.42. The van der Waals surface area contributed by atoms with Gasteiger partial charge in [0.1, 0.15) is 5.76 Å². The monoisotopic (exact) mass is 236 g/mol. The van der Waals surface area contributed by atoms with Gasteiger partial charge in [-0.25, -0.2) is 0 Å². The maximum atomic E-state index is 5.34. The van der Waals surface area contributed by atoms with Crippen LogP contribution in [0.3, 0.4) is 0 Å². The van der Waals surface area contributed by atoms with Crippen LogP contribution in [0, 0.1) is 5.92 Å². The topological polar surface area (TPSA) is 28.4 Å². The second kappa shape index (κ2) is 6.22. The van der Waals surface area contributed by atoms with E-state index < -0.39 is 0 Å². The highest BCUT2D eigenvalue weighted by Crippen LogP contribution is 2.13. The van der Waals surface area contributed by atoms with Crippen molar-refractivity contribution in [1.29, 1.82) is 0 Å². The molecule has 1 saturated heterocycles. The molecule has 96 valence electrons. The summed E-state index contributed by atoms with van der Waals surface area (Å²) in [6.45, 7) is 5.93. The first kappa shape index (κ1) is 12.7. The van der Waals surface area contributed by atoms with E-state index in [0.29, 0.717) is 6.04 Å². The van der Waals surface area contributed by atoms with Gasteiger partial charge >= 0.3 is 0 Å². The molecule has 2 rings (SSSR count). The van der Waals surface area contributed by atoms with Gasteiger partial charge in [0.25, 0.3) is 0 Å². The van der Waals surface area contributed by atoms with Gasteiger partial charge in [0.05, 0.1) is 6.26 Å². The standard InChI is InChI=1S/C14H24N2O/c1-12(5-6-14-4-3-9-17-14)15-10-13-7-8-16(2)11-13/h3-4,9,12-13,15H,5-8,10-11H2,1-2H3. The van der Waals surface area contributed by atoms with E-state index in [1.165, 1.54) is 19.5 Å². The summed E-state index contributed by atoms with van der Waals surface area (Å²) in [6.07, 6.45) is 5.28. The average molecular weight is 236 g/mol.